The van der Waals surface area contributed by atoms with Crippen LogP contribution in [0.1, 0.15) is 49.0 Å². The number of benzene rings is 4. The Morgan fingerprint density at radius 3 is 1.49 bits per heavy atom. The van der Waals surface area contributed by atoms with Crippen LogP contribution in [-0.2, 0) is 34.3 Å². The van der Waals surface area contributed by atoms with E-state index in [0.29, 0.717) is 59.8 Å². The van der Waals surface area contributed by atoms with E-state index in [4.69, 9.17) is 32.5 Å². The fourth-order valence-corrected chi connectivity index (χ4v) is 8.90. The number of H-pyrrole nitrogens is 1. The van der Waals surface area contributed by atoms with E-state index in [2.05, 4.69) is 15.0 Å². The molecular formula is C52H61N6O10P. The zero-order valence-corrected chi connectivity index (χ0v) is 40.4. The molecule has 69 heavy (non-hydrogen) atoms. The first-order chi connectivity index (χ1) is 32.6. The normalized spacial score (nSPS) is 11.8. The number of hydrogen-bond acceptors (Lipinski definition) is 12. The molecule has 0 saturated carbocycles. The number of ether oxygens (including phenoxy) is 4. The first-order valence-electron chi connectivity index (χ1n) is 22.0. The number of methoxy groups -OCH3 is 2. The molecule has 17 heteroatoms. The Kier molecular flexibility index (Phi) is 17.0. The first-order valence-corrected chi connectivity index (χ1v) is 23.4. The summed E-state index contributed by atoms with van der Waals surface area (Å²) in [6, 6.07) is 34.6. The molecular weight excluding hydrogens is 900 g/mol. The molecule has 0 atom stereocenters. The lowest BCUT2D eigenvalue weighted by molar-refractivity contribution is -0.00656. The highest BCUT2D eigenvalue weighted by Gasteiger charge is 2.37. The van der Waals surface area contributed by atoms with Gasteiger partial charge in [-0.05, 0) is 101 Å². The summed E-state index contributed by atoms with van der Waals surface area (Å²) in [6.07, 6.45) is 6.64. The fraction of sp³-hybridized carbons (Fsp3) is 0.308. The fourth-order valence-electron chi connectivity index (χ4n) is 7.15. The molecule has 0 aliphatic heterocycles. The van der Waals surface area contributed by atoms with Gasteiger partial charge >= 0.3 is 7.82 Å². The number of hydrogen-bond donors (Lipinski definition) is 1. The van der Waals surface area contributed by atoms with Gasteiger partial charge in [0.15, 0.2) is 11.3 Å². The monoisotopic (exact) mass is 960 g/mol. The van der Waals surface area contributed by atoms with Crippen LogP contribution in [0.2, 0.25) is 0 Å². The average molecular weight is 961 g/mol. The maximum absolute atomic E-state index is 13.9. The SMILES string of the molecule is C.COCCOc1ccc(-c2cn(-c3ccccc3)c3nc[nH]c(=O)c23)cc1.COCCOc1ccc(-c2cn(-c3ccccc3)c3ncn(COP(=O)(OC(C)(C)C)OC(C)(C)C)c(=O)c23)cc1. The van der Waals surface area contributed by atoms with Crippen molar-refractivity contribution in [3.8, 4) is 45.1 Å². The van der Waals surface area contributed by atoms with Crippen molar-refractivity contribution in [2.24, 2.45) is 0 Å². The Bertz CT molecular complexity index is 3060. The maximum atomic E-state index is 13.9. The third-order valence-corrected chi connectivity index (χ3v) is 12.0. The summed E-state index contributed by atoms with van der Waals surface area (Å²) >= 11 is 0. The first kappa shape index (κ1) is 51.7. The highest BCUT2D eigenvalue weighted by molar-refractivity contribution is 7.48. The van der Waals surface area contributed by atoms with Crippen LogP contribution in [0.4, 0.5) is 0 Å². The Labute approximate surface area is 402 Å². The summed E-state index contributed by atoms with van der Waals surface area (Å²) < 4.78 is 57.1. The Morgan fingerprint density at radius 1 is 0.594 bits per heavy atom. The van der Waals surface area contributed by atoms with Crippen molar-refractivity contribution in [2.45, 2.75) is 66.9 Å². The molecule has 0 bridgehead atoms. The van der Waals surface area contributed by atoms with Crippen LogP contribution in [0.15, 0.2) is 144 Å². The van der Waals surface area contributed by atoms with Gasteiger partial charge in [0.25, 0.3) is 11.1 Å². The van der Waals surface area contributed by atoms with Crippen molar-refractivity contribution in [1.29, 1.82) is 0 Å². The molecule has 16 nitrogen and oxygen atoms in total. The molecule has 0 aliphatic rings. The van der Waals surface area contributed by atoms with Crippen LogP contribution in [-0.4, -0.2) is 80.5 Å². The highest BCUT2D eigenvalue weighted by atomic mass is 31.2. The zero-order valence-electron chi connectivity index (χ0n) is 39.5. The molecule has 0 saturated heterocycles. The van der Waals surface area contributed by atoms with E-state index in [0.717, 1.165) is 33.8 Å². The number of phosphoric ester groups is 1. The predicted octanol–water partition coefficient (Wildman–Crippen LogP) is 10.6. The number of rotatable bonds is 17. The van der Waals surface area contributed by atoms with Crippen molar-refractivity contribution in [3.63, 3.8) is 0 Å². The summed E-state index contributed by atoms with van der Waals surface area (Å²) in [6.45, 7) is 12.1. The van der Waals surface area contributed by atoms with Crippen LogP contribution in [0.5, 0.6) is 11.5 Å². The average Bonchev–Trinajstić information content (AvgIpc) is 3.90. The number of para-hydroxylation sites is 2. The summed E-state index contributed by atoms with van der Waals surface area (Å²) in [5.41, 5.74) is 3.99. The summed E-state index contributed by atoms with van der Waals surface area (Å²) in [5.74, 6) is 1.45. The van der Waals surface area contributed by atoms with E-state index in [1.165, 1.54) is 17.2 Å². The molecule has 4 aromatic heterocycles. The van der Waals surface area contributed by atoms with Gasteiger partial charge in [-0.2, -0.15) is 0 Å². The predicted molar refractivity (Wildman–Crippen MR) is 270 cm³/mol. The molecule has 8 rings (SSSR count). The van der Waals surface area contributed by atoms with Crippen LogP contribution in [0.3, 0.4) is 0 Å². The summed E-state index contributed by atoms with van der Waals surface area (Å²) in [7, 11) is -0.794. The molecule has 8 aromatic rings. The van der Waals surface area contributed by atoms with Crippen molar-refractivity contribution >= 4 is 29.9 Å². The third-order valence-electron chi connectivity index (χ3n) is 10.0. The van der Waals surface area contributed by atoms with Crippen molar-refractivity contribution in [1.82, 2.24) is 28.7 Å². The molecule has 364 valence electrons. The van der Waals surface area contributed by atoms with Gasteiger partial charge in [-0.15, -0.1) is 0 Å². The van der Waals surface area contributed by atoms with E-state index in [1.807, 2.05) is 131 Å². The Morgan fingerprint density at radius 2 is 1.04 bits per heavy atom. The zero-order chi connectivity index (χ0) is 48.5. The number of phosphoric acid groups is 1. The van der Waals surface area contributed by atoms with E-state index in [-0.39, 0.29) is 25.3 Å². The molecule has 0 fully saturated rings. The lowest BCUT2D eigenvalue weighted by Gasteiger charge is -2.30. The second-order valence-corrected chi connectivity index (χ2v) is 19.0. The molecule has 0 amide bonds. The summed E-state index contributed by atoms with van der Waals surface area (Å²) in [4.78, 5) is 38.1. The Hall–Kier alpha value is -6.65. The molecule has 0 spiro atoms. The van der Waals surface area contributed by atoms with Gasteiger partial charge in [0, 0.05) is 49.1 Å². The summed E-state index contributed by atoms with van der Waals surface area (Å²) in [5, 5.41) is 0.950. The second-order valence-electron chi connectivity index (χ2n) is 17.5. The Balaban J connectivity index is 0.000000242. The largest absolute Gasteiger partial charge is 0.491 e. The minimum absolute atomic E-state index is 0. The van der Waals surface area contributed by atoms with Gasteiger partial charge in [0.05, 0.1) is 41.5 Å². The number of nitrogens with zero attached hydrogens (tertiary/aromatic N) is 5. The molecule has 1 N–H and O–H groups in total. The minimum atomic E-state index is -4.05. The van der Waals surface area contributed by atoms with Gasteiger partial charge in [-0.1, -0.05) is 68.1 Å². The highest BCUT2D eigenvalue weighted by Crippen LogP contribution is 2.55. The van der Waals surface area contributed by atoms with Gasteiger partial charge in [-0.3, -0.25) is 27.7 Å². The number of nitrogens with one attached hydrogen (secondary N) is 1. The molecule has 0 aliphatic carbocycles. The number of fused-ring (bicyclic) bond motifs is 2. The number of aromatic nitrogens is 6. The van der Waals surface area contributed by atoms with Crippen LogP contribution >= 0.6 is 7.82 Å². The molecule has 0 unspecified atom stereocenters. The van der Waals surface area contributed by atoms with Gasteiger partial charge in [0.1, 0.15) is 37.8 Å². The molecule has 4 heterocycles. The van der Waals surface area contributed by atoms with Crippen LogP contribution in [0.25, 0.3) is 55.7 Å². The second kappa shape index (κ2) is 22.6. The third kappa shape index (κ3) is 13.1. The molecule has 4 aromatic carbocycles. The van der Waals surface area contributed by atoms with Crippen LogP contribution in [0, 0.1) is 0 Å². The maximum Gasteiger partial charge on any atom is 0.477 e. The van der Waals surface area contributed by atoms with Crippen LogP contribution < -0.4 is 20.6 Å². The minimum Gasteiger partial charge on any atom is -0.491 e. The smallest absolute Gasteiger partial charge is 0.477 e. The van der Waals surface area contributed by atoms with Gasteiger partial charge in [0.2, 0.25) is 0 Å². The quantitative estimate of drug-likeness (QED) is 0.0677. The van der Waals surface area contributed by atoms with Crippen molar-refractivity contribution in [3.05, 3.63) is 155 Å². The standard InChI is InChI=1S/C30H38N3O7P.C21H19N3O3.CH4/c1-29(2,3)39-41(35,40-30(4,5)6)38-21-32-20-31-27-26(28(32)34)25(19-33(27)23-11-9-8-10-12-23)22-13-15-24(16-14-22)37-18-17-36-7;1-26-11-12-27-17-9-7-15(8-10-17)18-13-24(16-5-3-2-4-6-16)20-19(18)21(25)23-14-22-20;/h8-16,19-20H,17-18,21H2,1-7H3;2-10,13-14H,11-12H2,1H3,(H,22,23,25);1H4. The van der Waals surface area contributed by atoms with E-state index in [9.17, 15) is 14.2 Å². The van der Waals surface area contributed by atoms with E-state index in [1.54, 1.807) is 55.8 Å². The number of aromatic amines is 1. The van der Waals surface area contributed by atoms with E-state index >= 15 is 0 Å². The lowest BCUT2D eigenvalue weighted by atomic mass is 10.1. The van der Waals surface area contributed by atoms with E-state index < -0.39 is 19.0 Å². The lowest BCUT2D eigenvalue weighted by Crippen LogP contribution is -2.27. The van der Waals surface area contributed by atoms with Crippen molar-refractivity contribution in [2.75, 3.05) is 40.6 Å². The van der Waals surface area contributed by atoms with Crippen molar-refractivity contribution < 1.29 is 37.1 Å². The topological polar surface area (TPSA) is 172 Å². The molecule has 0 radical (unpaired) electrons. The van der Waals surface area contributed by atoms with Gasteiger partial charge < -0.3 is 33.1 Å². The van der Waals surface area contributed by atoms with Gasteiger partial charge in [-0.25, -0.2) is 14.5 Å².